The highest BCUT2D eigenvalue weighted by Crippen LogP contribution is 2.29. The summed E-state index contributed by atoms with van der Waals surface area (Å²) in [6, 6.07) is 0.115. The zero-order valence-corrected chi connectivity index (χ0v) is 12.9. The van der Waals surface area contributed by atoms with E-state index in [4.69, 9.17) is 4.74 Å². The van der Waals surface area contributed by atoms with Gasteiger partial charge in [0.2, 0.25) is 5.50 Å². The maximum Gasteiger partial charge on any atom is 0.305 e. The molecule has 8 heteroatoms. The van der Waals surface area contributed by atoms with E-state index in [9.17, 15) is 17.8 Å². The van der Waals surface area contributed by atoms with E-state index in [1.807, 2.05) is 0 Å². The lowest BCUT2D eigenvalue weighted by Gasteiger charge is -2.34. The van der Waals surface area contributed by atoms with Gasteiger partial charge in [-0.3, -0.25) is 9.35 Å². The predicted molar refractivity (Wildman–Crippen MR) is 76.5 cm³/mol. The van der Waals surface area contributed by atoms with Crippen molar-refractivity contribution >= 4 is 16.1 Å². The number of rotatable bonds is 5. The second-order valence-corrected chi connectivity index (χ2v) is 6.97. The molecule has 0 aromatic rings. The lowest BCUT2D eigenvalue weighted by Crippen LogP contribution is -2.47. The number of nitrogens with zero attached hydrogens (tertiary/aromatic N) is 1. The first-order valence-corrected chi connectivity index (χ1v) is 8.72. The zero-order chi connectivity index (χ0) is 15.5. The van der Waals surface area contributed by atoms with Crippen molar-refractivity contribution in [2.75, 3.05) is 6.61 Å². The van der Waals surface area contributed by atoms with Crippen molar-refractivity contribution in [2.24, 2.45) is 0 Å². The maximum absolute atomic E-state index is 11.5. The van der Waals surface area contributed by atoms with Crippen LogP contribution >= 0.6 is 0 Å². The summed E-state index contributed by atoms with van der Waals surface area (Å²) in [5, 5.41) is 2.81. The summed E-state index contributed by atoms with van der Waals surface area (Å²) >= 11 is 0. The van der Waals surface area contributed by atoms with Crippen LogP contribution in [0.1, 0.15) is 45.4 Å². The Balaban J connectivity index is 2.04. The van der Waals surface area contributed by atoms with Crippen molar-refractivity contribution in [1.82, 2.24) is 10.2 Å². The summed E-state index contributed by atoms with van der Waals surface area (Å²) in [6.45, 7) is 1.51. The van der Waals surface area contributed by atoms with E-state index in [2.05, 4.69) is 5.32 Å². The standard InChI is InChI=1S/C13H22N2O5S/c1-10(16)20-8-7-11-9-15(12-5-3-2-4-6-12)13(14-11)21(17,18)19/h9,12-14H,2-8H2,1H3,(H,17,18,19). The van der Waals surface area contributed by atoms with Crippen LogP contribution in [0.25, 0.3) is 0 Å². The van der Waals surface area contributed by atoms with Crippen LogP contribution in [-0.4, -0.2) is 42.0 Å². The molecule has 1 aliphatic heterocycles. The van der Waals surface area contributed by atoms with Crippen molar-refractivity contribution in [3.8, 4) is 0 Å². The molecule has 0 spiro atoms. The highest BCUT2D eigenvalue weighted by atomic mass is 32.2. The number of nitrogens with one attached hydrogen (secondary N) is 1. The summed E-state index contributed by atoms with van der Waals surface area (Å²) < 4.78 is 37.3. The molecule has 2 N–H and O–H groups in total. The molecule has 1 heterocycles. The molecule has 0 aromatic carbocycles. The van der Waals surface area contributed by atoms with Gasteiger partial charge in [-0.05, 0) is 12.8 Å². The van der Waals surface area contributed by atoms with Gasteiger partial charge in [0, 0.05) is 31.3 Å². The Labute approximate surface area is 125 Å². The molecule has 0 saturated heterocycles. The quantitative estimate of drug-likeness (QED) is 0.580. The van der Waals surface area contributed by atoms with Gasteiger partial charge in [0.05, 0.1) is 6.61 Å². The molecule has 1 fully saturated rings. The highest BCUT2D eigenvalue weighted by Gasteiger charge is 2.37. The number of carbonyl (C=O) groups excluding carboxylic acids is 1. The van der Waals surface area contributed by atoms with Crippen LogP contribution in [0.3, 0.4) is 0 Å². The molecule has 1 aliphatic carbocycles. The summed E-state index contributed by atoms with van der Waals surface area (Å²) in [4.78, 5) is 12.4. The second-order valence-electron chi connectivity index (χ2n) is 5.50. The topological polar surface area (TPSA) is 95.9 Å². The molecule has 1 atom stereocenters. The minimum absolute atomic E-state index is 0.115. The Morgan fingerprint density at radius 1 is 1.43 bits per heavy atom. The Morgan fingerprint density at radius 3 is 2.67 bits per heavy atom. The molecule has 0 aromatic heterocycles. The Morgan fingerprint density at radius 2 is 2.10 bits per heavy atom. The van der Waals surface area contributed by atoms with Crippen molar-refractivity contribution in [2.45, 2.75) is 57.0 Å². The minimum Gasteiger partial charge on any atom is -0.465 e. The van der Waals surface area contributed by atoms with Crippen LogP contribution in [0, 0.1) is 0 Å². The molecule has 1 unspecified atom stereocenters. The third kappa shape index (κ3) is 4.34. The average molecular weight is 318 g/mol. The Kier molecular flexibility index (Phi) is 5.10. The molecule has 1 saturated carbocycles. The molecule has 21 heavy (non-hydrogen) atoms. The van der Waals surface area contributed by atoms with E-state index in [1.165, 1.54) is 6.92 Å². The maximum atomic E-state index is 11.5. The monoisotopic (exact) mass is 318 g/mol. The largest absolute Gasteiger partial charge is 0.465 e. The van der Waals surface area contributed by atoms with E-state index < -0.39 is 15.6 Å². The molecule has 0 radical (unpaired) electrons. The summed E-state index contributed by atoms with van der Waals surface area (Å²) in [6.07, 6.45) is 7.26. The van der Waals surface area contributed by atoms with Gasteiger partial charge in [0.15, 0.2) is 0 Å². The van der Waals surface area contributed by atoms with Crippen molar-refractivity contribution < 1.29 is 22.5 Å². The van der Waals surface area contributed by atoms with Gasteiger partial charge in [-0.2, -0.15) is 8.42 Å². The van der Waals surface area contributed by atoms with Gasteiger partial charge in [-0.1, -0.05) is 19.3 Å². The first kappa shape index (κ1) is 16.1. The number of ether oxygens (including phenoxy) is 1. The van der Waals surface area contributed by atoms with Gasteiger partial charge in [0.1, 0.15) is 0 Å². The first-order chi connectivity index (χ1) is 9.88. The summed E-state index contributed by atoms with van der Waals surface area (Å²) in [5.41, 5.74) is -0.475. The van der Waals surface area contributed by atoms with Gasteiger partial charge in [-0.15, -0.1) is 0 Å². The van der Waals surface area contributed by atoms with Crippen LogP contribution in [-0.2, 0) is 19.6 Å². The van der Waals surface area contributed by atoms with Gasteiger partial charge in [0.25, 0.3) is 0 Å². The fraction of sp³-hybridized carbons (Fsp3) is 0.769. The fourth-order valence-electron chi connectivity index (χ4n) is 2.86. The predicted octanol–water partition coefficient (Wildman–Crippen LogP) is 1.19. The molecule has 2 rings (SSSR count). The van der Waals surface area contributed by atoms with E-state index in [1.54, 1.807) is 11.1 Å². The SMILES string of the molecule is CC(=O)OCCC1=CN(C2CCCCC2)C(S(=O)(=O)O)N1. The lowest BCUT2D eigenvalue weighted by molar-refractivity contribution is -0.140. The van der Waals surface area contributed by atoms with E-state index >= 15 is 0 Å². The number of esters is 1. The van der Waals surface area contributed by atoms with E-state index in [0.717, 1.165) is 32.1 Å². The van der Waals surface area contributed by atoms with Gasteiger partial charge in [-0.25, -0.2) is 0 Å². The van der Waals surface area contributed by atoms with E-state index in [-0.39, 0.29) is 18.6 Å². The molecule has 7 nitrogen and oxygen atoms in total. The molecular formula is C13H22N2O5S. The average Bonchev–Trinajstić information content (AvgIpc) is 2.83. The Bertz CT molecular complexity index is 511. The lowest BCUT2D eigenvalue weighted by atomic mass is 9.95. The molecule has 0 amide bonds. The van der Waals surface area contributed by atoms with Gasteiger partial charge < -0.3 is 15.0 Å². The third-order valence-electron chi connectivity index (χ3n) is 3.84. The van der Waals surface area contributed by atoms with Crippen LogP contribution in [0.2, 0.25) is 0 Å². The highest BCUT2D eigenvalue weighted by molar-refractivity contribution is 7.86. The normalized spacial score (nSPS) is 23.6. The van der Waals surface area contributed by atoms with Crippen molar-refractivity contribution in [1.29, 1.82) is 0 Å². The van der Waals surface area contributed by atoms with Gasteiger partial charge >= 0.3 is 16.1 Å². The summed E-state index contributed by atoms with van der Waals surface area (Å²) in [5.74, 6) is -0.371. The molecule has 0 bridgehead atoms. The molecule has 2 aliphatic rings. The smallest absolute Gasteiger partial charge is 0.305 e. The summed E-state index contributed by atoms with van der Waals surface area (Å²) in [7, 11) is -4.22. The van der Waals surface area contributed by atoms with Crippen molar-refractivity contribution in [3.05, 3.63) is 11.9 Å². The zero-order valence-electron chi connectivity index (χ0n) is 12.1. The van der Waals surface area contributed by atoms with E-state index in [0.29, 0.717) is 12.1 Å². The number of hydrogen-bond acceptors (Lipinski definition) is 6. The second kappa shape index (κ2) is 6.65. The number of carbonyl (C=O) groups is 1. The van der Waals surface area contributed by atoms with Crippen LogP contribution < -0.4 is 5.32 Å². The van der Waals surface area contributed by atoms with Crippen molar-refractivity contribution in [3.63, 3.8) is 0 Å². The van der Waals surface area contributed by atoms with Crippen LogP contribution in [0.15, 0.2) is 11.9 Å². The minimum atomic E-state index is -4.22. The fourth-order valence-corrected chi connectivity index (χ4v) is 3.70. The molecular weight excluding hydrogens is 296 g/mol. The first-order valence-electron chi connectivity index (χ1n) is 7.22. The van der Waals surface area contributed by atoms with Crippen LogP contribution in [0.5, 0.6) is 0 Å². The van der Waals surface area contributed by atoms with Crippen LogP contribution in [0.4, 0.5) is 0 Å². The number of hydrogen-bond donors (Lipinski definition) is 2. The molecule has 120 valence electrons. The Hall–Kier alpha value is -1.28. The third-order valence-corrected chi connectivity index (χ3v) is 4.77.